The monoisotopic (exact) mass is 343 g/mol. The lowest BCUT2D eigenvalue weighted by Gasteiger charge is -2.10. The standard InChI is InChI=1S/C15H10ClN5O3/c16-12-9-10(21(23)24)4-5-11(12)15(22)19-13-3-1-6-17-14(13)20-8-2-7-18-20/h1-9H,(H,19,22). The maximum Gasteiger partial charge on any atom is 0.270 e. The van der Waals surface area contributed by atoms with Gasteiger partial charge >= 0.3 is 0 Å². The van der Waals surface area contributed by atoms with E-state index < -0.39 is 10.8 Å². The van der Waals surface area contributed by atoms with Crippen molar-refractivity contribution in [1.29, 1.82) is 0 Å². The molecule has 0 bridgehead atoms. The molecule has 0 atom stereocenters. The maximum absolute atomic E-state index is 12.4. The Hall–Kier alpha value is -3.26. The highest BCUT2D eigenvalue weighted by molar-refractivity contribution is 6.34. The molecule has 0 aliphatic carbocycles. The van der Waals surface area contributed by atoms with Crippen molar-refractivity contribution < 1.29 is 9.72 Å². The Bertz CT molecular complexity index is 911. The van der Waals surface area contributed by atoms with Crippen LogP contribution in [0.3, 0.4) is 0 Å². The van der Waals surface area contributed by atoms with Gasteiger partial charge < -0.3 is 5.32 Å². The Labute approximate surface area is 140 Å². The van der Waals surface area contributed by atoms with E-state index in [0.29, 0.717) is 11.5 Å². The fourth-order valence-corrected chi connectivity index (χ4v) is 2.32. The molecule has 1 N–H and O–H groups in total. The number of carbonyl (C=O) groups is 1. The van der Waals surface area contributed by atoms with E-state index in [1.807, 2.05) is 0 Å². The van der Waals surface area contributed by atoms with Crippen LogP contribution in [-0.4, -0.2) is 25.6 Å². The van der Waals surface area contributed by atoms with Crippen LogP contribution in [0.4, 0.5) is 11.4 Å². The molecule has 0 aliphatic heterocycles. The number of anilines is 1. The van der Waals surface area contributed by atoms with E-state index in [1.54, 1.807) is 36.8 Å². The molecule has 3 rings (SSSR count). The molecule has 1 aromatic carbocycles. The first kappa shape index (κ1) is 15.6. The van der Waals surface area contributed by atoms with Gasteiger partial charge in [0.05, 0.1) is 21.2 Å². The fourth-order valence-electron chi connectivity index (χ4n) is 2.06. The number of amides is 1. The highest BCUT2D eigenvalue weighted by Crippen LogP contribution is 2.24. The number of nitrogens with zero attached hydrogens (tertiary/aromatic N) is 4. The number of aromatic nitrogens is 3. The van der Waals surface area contributed by atoms with Gasteiger partial charge in [0.1, 0.15) is 0 Å². The molecule has 0 fully saturated rings. The lowest BCUT2D eigenvalue weighted by Crippen LogP contribution is -2.15. The van der Waals surface area contributed by atoms with Gasteiger partial charge in [0.15, 0.2) is 5.82 Å². The van der Waals surface area contributed by atoms with Crippen molar-refractivity contribution in [3.63, 3.8) is 0 Å². The molecule has 0 unspecified atom stereocenters. The summed E-state index contributed by atoms with van der Waals surface area (Å²) in [7, 11) is 0. The molecule has 3 aromatic rings. The normalized spacial score (nSPS) is 10.4. The van der Waals surface area contributed by atoms with Crippen molar-refractivity contribution in [1.82, 2.24) is 14.8 Å². The molecule has 8 nitrogen and oxygen atoms in total. The van der Waals surface area contributed by atoms with Crippen LogP contribution in [0, 0.1) is 10.1 Å². The van der Waals surface area contributed by atoms with Crippen molar-refractivity contribution in [2.75, 3.05) is 5.32 Å². The van der Waals surface area contributed by atoms with E-state index in [2.05, 4.69) is 15.4 Å². The van der Waals surface area contributed by atoms with Crippen LogP contribution >= 0.6 is 11.6 Å². The third-order valence-electron chi connectivity index (χ3n) is 3.16. The molecule has 9 heteroatoms. The summed E-state index contributed by atoms with van der Waals surface area (Å²) >= 11 is 5.98. The molecular weight excluding hydrogens is 334 g/mol. The van der Waals surface area contributed by atoms with Gasteiger partial charge in [-0.05, 0) is 24.3 Å². The molecule has 1 amide bonds. The molecule has 0 saturated heterocycles. The summed E-state index contributed by atoms with van der Waals surface area (Å²) in [5.41, 5.74) is 0.369. The van der Waals surface area contributed by atoms with E-state index in [1.165, 1.54) is 16.8 Å². The van der Waals surface area contributed by atoms with E-state index >= 15 is 0 Å². The van der Waals surface area contributed by atoms with Gasteiger partial charge in [-0.3, -0.25) is 14.9 Å². The number of hydrogen-bond acceptors (Lipinski definition) is 5. The molecule has 2 heterocycles. The van der Waals surface area contributed by atoms with Gasteiger partial charge in [-0.15, -0.1) is 0 Å². The van der Waals surface area contributed by atoms with E-state index in [4.69, 9.17) is 11.6 Å². The molecule has 120 valence electrons. The van der Waals surface area contributed by atoms with Crippen molar-refractivity contribution in [2.24, 2.45) is 0 Å². The minimum Gasteiger partial charge on any atom is -0.319 e. The molecule has 0 aliphatic rings. The number of halogens is 1. The number of benzene rings is 1. The Kier molecular flexibility index (Phi) is 4.21. The minimum atomic E-state index is -0.579. The molecule has 0 saturated carbocycles. The zero-order chi connectivity index (χ0) is 17.1. The fraction of sp³-hybridized carbons (Fsp3) is 0. The maximum atomic E-state index is 12.4. The quantitative estimate of drug-likeness (QED) is 0.579. The Balaban J connectivity index is 1.90. The van der Waals surface area contributed by atoms with E-state index in [-0.39, 0.29) is 16.3 Å². The number of non-ortho nitro benzene ring substituents is 1. The number of nitro benzene ring substituents is 1. The summed E-state index contributed by atoms with van der Waals surface area (Å²) in [4.78, 5) is 26.8. The summed E-state index contributed by atoms with van der Waals surface area (Å²) < 4.78 is 1.51. The molecule has 0 radical (unpaired) electrons. The van der Waals surface area contributed by atoms with Crippen LogP contribution < -0.4 is 5.32 Å². The first-order valence-corrected chi connectivity index (χ1v) is 7.14. The second-order valence-electron chi connectivity index (χ2n) is 4.70. The van der Waals surface area contributed by atoms with Gasteiger partial charge in [0.25, 0.3) is 11.6 Å². The highest BCUT2D eigenvalue weighted by atomic mass is 35.5. The molecule has 0 spiro atoms. The number of nitro groups is 1. The number of pyridine rings is 1. The van der Waals surface area contributed by atoms with Crippen molar-refractivity contribution in [3.05, 3.63) is 75.7 Å². The second kappa shape index (κ2) is 6.47. The van der Waals surface area contributed by atoms with Crippen LogP contribution in [-0.2, 0) is 0 Å². The molecule has 24 heavy (non-hydrogen) atoms. The summed E-state index contributed by atoms with van der Waals surface area (Å²) in [6.45, 7) is 0. The number of carbonyl (C=O) groups excluding carboxylic acids is 1. The summed E-state index contributed by atoms with van der Waals surface area (Å²) in [6.07, 6.45) is 4.86. The van der Waals surface area contributed by atoms with Crippen LogP contribution in [0.25, 0.3) is 5.82 Å². The van der Waals surface area contributed by atoms with Crippen LogP contribution in [0.2, 0.25) is 5.02 Å². The highest BCUT2D eigenvalue weighted by Gasteiger charge is 2.17. The predicted octanol–water partition coefficient (Wildman–Crippen LogP) is 3.08. The average Bonchev–Trinajstić information content (AvgIpc) is 3.09. The van der Waals surface area contributed by atoms with Crippen molar-refractivity contribution in [3.8, 4) is 5.82 Å². The van der Waals surface area contributed by atoms with E-state index in [0.717, 1.165) is 6.07 Å². The number of nitrogens with one attached hydrogen (secondary N) is 1. The van der Waals surface area contributed by atoms with Gasteiger partial charge in [-0.25, -0.2) is 9.67 Å². The number of hydrogen-bond donors (Lipinski definition) is 1. The first-order valence-electron chi connectivity index (χ1n) is 6.76. The average molecular weight is 344 g/mol. The summed E-state index contributed by atoms with van der Waals surface area (Å²) in [6, 6.07) is 8.72. The Morgan fingerprint density at radius 3 is 2.75 bits per heavy atom. The van der Waals surface area contributed by atoms with Crippen LogP contribution in [0.1, 0.15) is 10.4 Å². The summed E-state index contributed by atoms with van der Waals surface area (Å²) in [5, 5.41) is 17.5. The van der Waals surface area contributed by atoms with Crippen molar-refractivity contribution in [2.45, 2.75) is 0 Å². The van der Waals surface area contributed by atoms with Crippen molar-refractivity contribution >= 4 is 28.9 Å². The van der Waals surface area contributed by atoms with Crippen LogP contribution in [0.5, 0.6) is 0 Å². The number of rotatable bonds is 4. The lowest BCUT2D eigenvalue weighted by atomic mass is 10.2. The minimum absolute atomic E-state index is 0.00812. The second-order valence-corrected chi connectivity index (χ2v) is 5.11. The summed E-state index contributed by atoms with van der Waals surface area (Å²) in [5.74, 6) is -0.0646. The third-order valence-corrected chi connectivity index (χ3v) is 3.48. The van der Waals surface area contributed by atoms with Gasteiger partial charge in [-0.1, -0.05) is 11.6 Å². The lowest BCUT2D eigenvalue weighted by molar-refractivity contribution is -0.384. The third kappa shape index (κ3) is 3.08. The zero-order valence-corrected chi connectivity index (χ0v) is 12.8. The largest absolute Gasteiger partial charge is 0.319 e. The first-order chi connectivity index (χ1) is 11.6. The van der Waals surface area contributed by atoms with Gasteiger partial charge in [0.2, 0.25) is 0 Å². The molecular formula is C15H10ClN5O3. The zero-order valence-electron chi connectivity index (χ0n) is 12.1. The molecule has 2 aromatic heterocycles. The van der Waals surface area contributed by atoms with Crippen LogP contribution in [0.15, 0.2) is 55.0 Å². The van der Waals surface area contributed by atoms with Gasteiger partial charge in [-0.2, -0.15) is 5.10 Å². The Morgan fingerprint density at radius 2 is 2.08 bits per heavy atom. The predicted molar refractivity (Wildman–Crippen MR) is 87.4 cm³/mol. The van der Waals surface area contributed by atoms with Gasteiger partial charge in [0, 0.05) is 30.7 Å². The SMILES string of the molecule is O=C(Nc1cccnc1-n1cccn1)c1ccc([N+](=O)[O-])cc1Cl. The Morgan fingerprint density at radius 1 is 1.25 bits per heavy atom. The van der Waals surface area contributed by atoms with E-state index in [9.17, 15) is 14.9 Å². The smallest absolute Gasteiger partial charge is 0.270 e. The topological polar surface area (TPSA) is 103 Å².